The Morgan fingerprint density at radius 1 is 1.32 bits per heavy atom. The number of ketones is 2. The summed E-state index contributed by atoms with van der Waals surface area (Å²) in [5.74, 6) is 0.151. The molecule has 1 aliphatic carbocycles. The van der Waals surface area contributed by atoms with E-state index >= 15 is 0 Å². The van der Waals surface area contributed by atoms with E-state index in [1.54, 1.807) is 13.8 Å². The van der Waals surface area contributed by atoms with Crippen LogP contribution in [0.25, 0.3) is 0 Å². The molecule has 2 nitrogen and oxygen atoms in total. The summed E-state index contributed by atoms with van der Waals surface area (Å²) in [6.07, 6.45) is 2.67. The first kappa shape index (κ1) is 14.4. The van der Waals surface area contributed by atoms with Crippen LogP contribution in [0.3, 0.4) is 0 Å². The summed E-state index contributed by atoms with van der Waals surface area (Å²) in [4.78, 5) is 25.0. The highest BCUT2D eigenvalue weighted by atomic mass is 79.9. The number of Topliss-reactive ketones (excluding diaryl/α,β-unsaturated/α-hetero) is 2. The molecule has 1 fully saturated rings. The van der Waals surface area contributed by atoms with E-state index in [0.717, 1.165) is 29.3 Å². The molecule has 1 aliphatic rings. The van der Waals surface area contributed by atoms with Crippen LogP contribution in [-0.4, -0.2) is 11.6 Å². The number of halogens is 1. The molecule has 1 aromatic carbocycles. The van der Waals surface area contributed by atoms with Crippen LogP contribution in [0.2, 0.25) is 0 Å². The summed E-state index contributed by atoms with van der Waals surface area (Å²) in [5, 5.41) is 0. The Balaban J connectivity index is 2.37. The van der Waals surface area contributed by atoms with E-state index in [0.29, 0.717) is 5.56 Å². The molecule has 0 atom stereocenters. The Labute approximate surface area is 122 Å². The zero-order valence-corrected chi connectivity index (χ0v) is 13.2. The summed E-state index contributed by atoms with van der Waals surface area (Å²) in [7, 11) is 0. The van der Waals surface area contributed by atoms with Gasteiger partial charge in [0.05, 0.1) is 5.41 Å². The second-order valence-corrected chi connectivity index (χ2v) is 6.66. The first-order chi connectivity index (χ1) is 8.87. The largest absolute Gasteiger partial charge is 0.298 e. The number of carbonyl (C=O) groups excluding carboxylic acids is 2. The van der Waals surface area contributed by atoms with Crippen LogP contribution in [0.4, 0.5) is 0 Å². The Morgan fingerprint density at radius 3 is 2.47 bits per heavy atom. The second-order valence-electron chi connectivity index (χ2n) is 5.75. The fourth-order valence-corrected chi connectivity index (χ4v) is 2.73. The first-order valence-electron chi connectivity index (χ1n) is 6.75. The topological polar surface area (TPSA) is 34.1 Å². The molecular formula is C16H19BrO2. The van der Waals surface area contributed by atoms with Gasteiger partial charge in [-0.3, -0.25) is 9.59 Å². The molecule has 19 heavy (non-hydrogen) atoms. The molecular weight excluding hydrogens is 304 g/mol. The maximum Gasteiger partial charge on any atom is 0.176 e. The van der Waals surface area contributed by atoms with Crippen molar-refractivity contribution in [3.05, 3.63) is 33.8 Å². The SMILES string of the molecule is CCc1ccc(Br)cc1C(=O)C(C)(C)C(=O)C1CC1. The molecule has 2 rings (SSSR count). The Hall–Kier alpha value is -0.960. The van der Waals surface area contributed by atoms with Gasteiger partial charge in [-0.2, -0.15) is 0 Å². The lowest BCUT2D eigenvalue weighted by molar-refractivity contribution is -0.126. The van der Waals surface area contributed by atoms with Gasteiger partial charge in [0.15, 0.2) is 5.78 Å². The smallest absolute Gasteiger partial charge is 0.176 e. The van der Waals surface area contributed by atoms with Crippen molar-refractivity contribution >= 4 is 27.5 Å². The highest BCUT2D eigenvalue weighted by Crippen LogP contribution is 2.39. The molecule has 3 heteroatoms. The standard InChI is InChI=1S/C16H19BrO2/c1-4-10-7-8-12(17)9-13(10)15(19)16(2,3)14(18)11-5-6-11/h7-9,11H,4-6H2,1-3H3. The normalized spacial score (nSPS) is 15.4. The van der Waals surface area contributed by atoms with Crippen molar-refractivity contribution in [1.29, 1.82) is 0 Å². The zero-order chi connectivity index (χ0) is 14.2. The number of rotatable bonds is 5. The van der Waals surface area contributed by atoms with Crippen molar-refractivity contribution in [2.24, 2.45) is 11.3 Å². The maximum absolute atomic E-state index is 12.7. The molecule has 0 unspecified atom stereocenters. The molecule has 0 aliphatic heterocycles. The number of hydrogen-bond acceptors (Lipinski definition) is 2. The van der Waals surface area contributed by atoms with Gasteiger partial charge >= 0.3 is 0 Å². The summed E-state index contributed by atoms with van der Waals surface area (Å²) in [6.45, 7) is 5.54. The highest BCUT2D eigenvalue weighted by molar-refractivity contribution is 9.10. The van der Waals surface area contributed by atoms with Gasteiger partial charge in [-0.05, 0) is 50.8 Å². The number of aryl methyl sites for hydroxylation is 1. The third-order valence-corrected chi connectivity index (χ3v) is 4.32. The molecule has 0 saturated heterocycles. The lowest BCUT2D eigenvalue weighted by atomic mass is 9.77. The summed E-state index contributed by atoms with van der Waals surface area (Å²) >= 11 is 3.40. The van der Waals surface area contributed by atoms with Crippen LogP contribution in [0.15, 0.2) is 22.7 Å². The zero-order valence-electron chi connectivity index (χ0n) is 11.6. The predicted octanol–water partition coefficient (Wildman–Crippen LogP) is 4.20. The van der Waals surface area contributed by atoms with E-state index in [1.165, 1.54) is 0 Å². The summed E-state index contributed by atoms with van der Waals surface area (Å²) < 4.78 is 0.878. The fraction of sp³-hybridized carbons (Fsp3) is 0.500. The van der Waals surface area contributed by atoms with Crippen LogP contribution in [0.1, 0.15) is 49.5 Å². The van der Waals surface area contributed by atoms with E-state index in [4.69, 9.17) is 0 Å². The van der Waals surface area contributed by atoms with Crippen molar-refractivity contribution < 1.29 is 9.59 Å². The van der Waals surface area contributed by atoms with Gasteiger partial charge in [-0.25, -0.2) is 0 Å². The monoisotopic (exact) mass is 322 g/mol. The predicted molar refractivity (Wildman–Crippen MR) is 79.4 cm³/mol. The van der Waals surface area contributed by atoms with E-state index in [-0.39, 0.29) is 17.5 Å². The van der Waals surface area contributed by atoms with Gasteiger partial charge in [-0.1, -0.05) is 28.9 Å². The van der Waals surface area contributed by atoms with Crippen LogP contribution < -0.4 is 0 Å². The molecule has 0 spiro atoms. The van der Waals surface area contributed by atoms with Crippen LogP contribution in [-0.2, 0) is 11.2 Å². The quantitative estimate of drug-likeness (QED) is 0.601. The molecule has 0 bridgehead atoms. The van der Waals surface area contributed by atoms with Crippen molar-refractivity contribution in [2.45, 2.75) is 40.0 Å². The van der Waals surface area contributed by atoms with E-state index < -0.39 is 5.41 Å². The average Bonchev–Trinajstić information content (AvgIpc) is 3.21. The minimum Gasteiger partial charge on any atom is -0.298 e. The van der Waals surface area contributed by atoms with E-state index in [9.17, 15) is 9.59 Å². The van der Waals surface area contributed by atoms with Crippen molar-refractivity contribution in [2.75, 3.05) is 0 Å². The van der Waals surface area contributed by atoms with Crippen LogP contribution in [0.5, 0.6) is 0 Å². The average molecular weight is 323 g/mol. The van der Waals surface area contributed by atoms with E-state index in [1.807, 2.05) is 25.1 Å². The molecule has 0 N–H and O–H groups in total. The highest BCUT2D eigenvalue weighted by Gasteiger charge is 2.44. The van der Waals surface area contributed by atoms with Gasteiger partial charge in [0.25, 0.3) is 0 Å². The molecule has 0 aromatic heterocycles. The molecule has 102 valence electrons. The molecule has 1 aromatic rings. The minimum atomic E-state index is -0.911. The van der Waals surface area contributed by atoms with Crippen molar-refractivity contribution in [3.63, 3.8) is 0 Å². The van der Waals surface area contributed by atoms with Crippen LogP contribution >= 0.6 is 15.9 Å². The fourth-order valence-electron chi connectivity index (χ4n) is 2.37. The lowest BCUT2D eigenvalue weighted by Crippen LogP contribution is -2.35. The molecule has 0 heterocycles. The lowest BCUT2D eigenvalue weighted by Gasteiger charge is -2.23. The Morgan fingerprint density at radius 2 is 1.95 bits per heavy atom. The Kier molecular flexibility index (Phi) is 3.95. The molecule has 0 amide bonds. The second kappa shape index (κ2) is 5.20. The molecule has 1 saturated carbocycles. The third-order valence-electron chi connectivity index (χ3n) is 3.83. The maximum atomic E-state index is 12.7. The Bertz CT molecular complexity index is 528. The van der Waals surface area contributed by atoms with Crippen LogP contribution in [0, 0.1) is 11.3 Å². The van der Waals surface area contributed by atoms with Gasteiger partial charge in [0.2, 0.25) is 0 Å². The number of benzene rings is 1. The van der Waals surface area contributed by atoms with E-state index in [2.05, 4.69) is 15.9 Å². The van der Waals surface area contributed by atoms with Gasteiger partial charge in [-0.15, -0.1) is 0 Å². The van der Waals surface area contributed by atoms with Gasteiger partial charge < -0.3 is 0 Å². The van der Waals surface area contributed by atoms with Gasteiger partial charge in [0.1, 0.15) is 5.78 Å². The van der Waals surface area contributed by atoms with Crippen molar-refractivity contribution in [3.8, 4) is 0 Å². The summed E-state index contributed by atoms with van der Waals surface area (Å²) in [6, 6.07) is 5.73. The third kappa shape index (κ3) is 2.81. The minimum absolute atomic E-state index is 0.0532. The summed E-state index contributed by atoms with van der Waals surface area (Å²) in [5.41, 5.74) is 0.770. The van der Waals surface area contributed by atoms with Crippen molar-refractivity contribution in [1.82, 2.24) is 0 Å². The number of hydrogen-bond donors (Lipinski definition) is 0. The number of carbonyl (C=O) groups is 2. The van der Waals surface area contributed by atoms with Gasteiger partial charge in [0, 0.05) is 16.0 Å². The molecule has 0 radical (unpaired) electrons. The first-order valence-corrected chi connectivity index (χ1v) is 7.54.